The number of fused-ring (bicyclic) bond motifs is 1. The number of aromatic nitrogens is 1. The normalized spacial score (nSPS) is 14.8. The number of hydrogen-bond acceptors (Lipinski definition) is 4. The van der Waals surface area contributed by atoms with Gasteiger partial charge in [0.05, 0.1) is 11.4 Å². The van der Waals surface area contributed by atoms with Gasteiger partial charge in [-0.3, -0.25) is 9.78 Å². The van der Waals surface area contributed by atoms with Gasteiger partial charge < -0.3 is 15.4 Å². The maximum Gasteiger partial charge on any atom is 0.262 e. The van der Waals surface area contributed by atoms with Crippen LogP contribution in [0.2, 0.25) is 0 Å². The van der Waals surface area contributed by atoms with Gasteiger partial charge in [0.1, 0.15) is 5.75 Å². The van der Waals surface area contributed by atoms with Gasteiger partial charge >= 0.3 is 0 Å². The summed E-state index contributed by atoms with van der Waals surface area (Å²) in [4.78, 5) is 15.7. The lowest BCUT2D eigenvalue weighted by molar-refractivity contribution is -0.118. The highest BCUT2D eigenvalue weighted by Crippen LogP contribution is 2.28. The van der Waals surface area contributed by atoms with Crippen molar-refractivity contribution in [2.24, 2.45) is 0 Å². The lowest BCUT2D eigenvalue weighted by Gasteiger charge is -2.19. The van der Waals surface area contributed by atoms with Crippen molar-refractivity contribution in [3.8, 4) is 5.75 Å². The average molecular weight is 283 g/mol. The van der Waals surface area contributed by atoms with E-state index in [0.717, 1.165) is 22.7 Å². The number of nitrogens with zero attached hydrogens (tertiary/aromatic N) is 1. The molecule has 0 radical (unpaired) electrons. The second-order valence-electron chi connectivity index (χ2n) is 5.02. The van der Waals surface area contributed by atoms with Crippen LogP contribution in [0.1, 0.15) is 24.2 Å². The van der Waals surface area contributed by atoms with E-state index in [1.807, 2.05) is 36.4 Å². The van der Waals surface area contributed by atoms with Gasteiger partial charge in [0, 0.05) is 18.8 Å². The minimum atomic E-state index is -0.116. The number of hydrogen-bond donors (Lipinski definition) is 2. The molecule has 0 aliphatic carbocycles. The number of ether oxygens (including phenoxy) is 1. The molecule has 5 nitrogen and oxygen atoms in total. The van der Waals surface area contributed by atoms with Crippen molar-refractivity contribution < 1.29 is 9.53 Å². The third-order valence-electron chi connectivity index (χ3n) is 3.42. The number of pyridine rings is 1. The molecule has 0 saturated carbocycles. The molecule has 1 aliphatic heterocycles. The summed E-state index contributed by atoms with van der Waals surface area (Å²) in [5.41, 5.74) is 2.82. The van der Waals surface area contributed by atoms with E-state index < -0.39 is 0 Å². The van der Waals surface area contributed by atoms with Crippen LogP contribution < -0.4 is 15.4 Å². The van der Waals surface area contributed by atoms with Crippen LogP contribution in [0, 0.1) is 0 Å². The van der Waals surface area contributed by atoms with Crippen molar-refractivity contribution in [1.82, 2.24) is 10.3 Å². The van der Waals surface area contributed by atoms with Crippen LogP contribution in [0.15, 0.2) is 42.6 Å². The zero-order chi connectivity index (χ0) is 14.7. The maximum atomic E-state index is 11.3. The Labute approximate surface area is 123 Å². The van der Waals surface area contributed by atoms with Gasteiger partial charge in [0.15, 0.2) is 6.61 Å². The Morgan fingerprint density at radius 3 is 3.10 bits per heavy atom. The largest absolute Gasteiger partial charge is 0.482 e. The summed E-state index contributed by atoms with van der Waals surface area (Å²) < 4.78 is 5.34. The Morgan fingerprint density at radius 1 is 1.38 bits per heavy atom. The van der Waals surface area contributed by atoms with Crippen LogP contribution in [-0.4, -0.2) is 17.5 Å². The fraction of sp³-hybridized carbons (Fsp3) is 0.250. The number of anilines is 1. The molecule has 0 unspecified atom stereocenters. The van der Waals surface area contributed by atoms with E-state index in [1.165, 1.54) is 0 Å². The standard InChI is InChI=1S/C16H17N3O2/c1-11(13-4-2-3-7-17-13)18-9-12-5-6-15-14(8-12)19-16(20)10-21-15/h2-8,11,18H,9-10H2,1H3,(H,19,20)/t11-/m0/s1. The molecule has 2 N–H and O–H groups in total. The predicted molar refractivity (Wildman–Crippen MR) is 80.1 cm³/mol. The van der Waals surface area contributed by atoms with E-state index in [9.17, 15) is 4.79 Å². The van der Waals surface area contributed by atoms with Gasteiger partial charge in [-0.25, -0.2) is 0 Å². The van der Waals surface area contributed by atoms with Crippen LogP contribution in [0.3, 0.4) is 0 Å². The fourth-order valence-corrected chi connectivity index (χ4v) is 2.25. The molecule has 2 heterocycles. The Balaban J connectivity index is 1.66. The van der Waals surface area contributed by atoms with Crippen molar-refractivity contribution in [3.05, 3.63) is 53.9 Å². The molecule has 2 aromatic rings. The molecule has 108 valence electrons. The molecule has 5 heteroatoms. The minimum absolute atomic E-state index is 0.0846. The molecule has 1 amide bonds. The average Bonchev–Trinajstić information content (AvgIpc) is 2.53. The topological polar surface area (TPSA) is 63.2 Å². The summed E-state index contributed by atoms with van der Waals surface area (Å²) >= 11 is 0. The minimum Gasteiger partial charge on any atom is -0.482 e. The summed E-state index contributed by atoms with van der Waals surface area (Å²) in [7, 11) is 0. The second-order valence-corrected chi connectivity index (χ2v) is 5.02. The molecule has 3 rings (SSSR count). The number of carbonyl (C=O) groups excluding carboxylic acids is 1. The second kappa shape index (κ2) is 5.93. The zero-order valence-electron chi connectivity index (χ0n) is 11.8. The van der Waals surface area contributed by atoms with Gasteiger partial charge in [0.25, 0.3) is 5.91 Å². The van der Waals surface area contributed by atoms with Crippen molar-refractivity contribution in [1.29, 1.82) is 0 Å². The van der Waals surface area contributed by atoms with E-state index in [0.29, 0.717) is 6.54 Å². The maximum absolute atomic E-state index is 11.3. The van der Waals surface area contributed by atoms with E-state index in [1.54, 1.807) is 6.20 Å². The van der Waals surface area contributed by atoms with E-state index in [4.69, 9.17) is 4.74 Å². The SMILES string of the molecule is C[C@H](NCc1ccc2c(c1)NC(=O)CO2)c1ccccn1. The van der Waals surface area contributed by atoms with Crippen molar-refractivity contribution in [2.75, 3.05) is 11.9 Å². The quantitative estimate of drug-likeness (QED) is 0.903. The number of benzene rings is 1. The van der Waals surface area contributed by atoms with Crippen molar-refractivity contribution >= 4 is 11.6 Å². The molecule has 0 saturated heterocycles. The zero-order valence-corrected chi connectivity index (χ0v) is 11.8. The molecule has 0 spiro atoms. The van der Waals surface area contributed by atoms with E-state index in [-0.39, 0.29) is 18.6 Å². The summed E-state index contributed by atoms with van der Waals surface area (Å²) in [6, 6.07) is 11.9. The molecule has 1 aromatic heterocycles. The first-order valence-corrected chi connectivity index (χ1v) is 6.92. The highest BCUT2D eigenvalue weighted by atomic mass is 16.5. The smallest absolute Gasteiger partial charge is 0.262 e. The summed E-state index contributed by atoms with van der Waals surface area (Å²) in [5, 5.41) is 6.23. The molecule has 1 aromatic carbocycles. The molecular formula is C16H17N3O2. The van der Waals surface area contributed by atoms with Crippen LogP contribution >= 0.6 is 0 Å². The highest BCUT2D eigenvalue weighted by Gasteiger charge is 2.16. The van der Waals surface area contributed by atoms with Gasteiger partial charge in [-0.15, -0.1) is 0 Å². The van der Waals surface area contributed by atoms with E-state index in [2.05, 4.69) is 22.5 Å². The van der Waals surface area contributed by atoms with Gasteiger partial charge in [-0.05, 0) is 36.8 Å². The number of amides is 1. The summed E-state index contributed by atoms with van der Waals surface area (Å²) in [6.45, 7) is 2.85. The fourth-order valence-electron chi connectivity index (χ4n) is 2.25. The van der Waals surface area contributed by atoms with Crippen molar-refractivity contribution in [3.63, 3.8) is 0 Å². The first kappa shape index (κ1) is 13.6. The Bertz CT molecular complexity index is 643. The van der Waals surface area contributed by atoms with Gasteiger partial charge in [-0.1, -0.05) is 12.1 Å². The summed E-state index contributed by atoms with van der Waals surface area (Å²) in [6.07, 6.45) is 1.79. The third kappa shape index (κ3) is 3.20. The molecule has 0 fully saturated rings. The summed E-state index contributed by atoms with van der Waals surface area (Å²) in [5.74, 6) is 0.602. The van der Waals surface area contributed by atoms with Crippen LogP contribution in [0.25, 0.3) is 0 Å². The van der Waals surface area contributed by atoms with Crippen LogP contribution in [0.5, 0.6) is 5.75 Å². The Kier molecular flexibility index (Phi) is 3.83. The van der Waals surface area contributed by atoms with Gasteiger partial charge in [0.2, 0.25) is 0 Å². The number of carbonyl (C=O) groups is 1. The van der Waals surface area contributed by atoms with Crippen LogP contribution in [0.4, 0.5) is 5.69 Å². The Hall–Kier alpha value is -2.40. The lowest BCUT2D eigenvalue weighted by atomic mass is 10.1. The monoisotopic (exact) mass is 283 g/mol. The molecule has 21 heavy (non-hydrogen) atoms. The third-order valence-corrected chi connectivity index (χ3v) is 3.42. The van der Waals surface area contributed by atoms with E-state index >= 15 is 0 Å². The predicted octanol–water partition coefficient (Wildman–Crippen LogP) is 2.26. The Morgan fingerprint density at radius 2 is 2.29 bits per heavy atom. The molecular weight excluding hydrogens is 266 g/mol. The molecule has 1 atom stereocenters. The number of rotatable bonds is 4. The van der Waals surface area contributed by atoms with Gasteiger partial charge in [-0.2, -0.15) is 0 Å². The van der Waals surface area contributed by atoms with Crippen LogP contribution in [-0.2, 0) is 11.3 Å². The first-order valence-electron chi connectivity index (χ1n) is 6.92. The number of nitrogens with one attached hydrogen (secondary N) is 2. The lowest BCUT2D eigenvalue weighted by Crippen LogP contribution is -2.25. The first-order chi connectivity index (χ1) is 10.2. The molecule has 0 bridgehead atoms. The van der Waals surface area contributed by atoms with Crippen molar-refractivity contribution in [2.45, 2.75) is 19.5 Å². The molecule has 1 aliphatic rings. The highest BCUT2D eigenvalue weighted by molar-refractivity contribution is 5.95.